The maximum Gasteiger partial charge on any atom is 0.0328 e. The average Bonchev–Trinajstić information content (AvgIpc) is 2.62. The number of rotatable bonds is 7. The Labute approximate surface area is 121 Å². The summed E-state index contributed by atoms with van der Waals surface area (Å²) in [4.78, 5) is 2.59. The lowest BCUT2D eigenvalue weighted by molar-refractivity contribution is 0.0898. The van der Waals surface area contributed by atoms with Crippen LogP contribution in [0.25, 0.3) is 0 Å². The highest BCUT2D eigenvalue weighted by Gasteiger charge is 2.35. The lowest BCUT2D eigenvalue weighted by Crippen LogP contribution is -2.53. The Bertz CT molecular complexity index is 241. The number of nitrogens with two attached hydrogens (primary N) is 1. The van der Waals surface area contributed by atoms with Gasteiger partial charge in [0.15, 0.2) is 0 Å². The fraction of sp³-hybridized carbons (Fsp3) is 1.00. The average molecular weight is 268 g/mol. The van der Waals surface area contributed by atoms with E-state index in [1.165, 1.54) is 57.9 Å². The molecule has 0 bridgehead atoms. The summed E-state index contributed by atoms with van der Waals surface area (Å²) < 4.78 is 0. The molecule has 1 saturated carbocycles. The summed E-state index contributed by atoms with van der Waals surface area (Å²) in [5.74, 6) is 1.73. The van der Waals surface area contributed by atoms with Gasteiger partial charge in [-0.1, -0.05) is 52.9 Å². The zero-order valence-corrected chi connectivity index (χ0v) is 13.8. The molecule has 1 aliphatic rings. The maximum absolute atomic E-state index is 6.20. The molecule has 3 atom stereocenters. The topological polar surface area (TPSA) is 29.3 Å². The van der Waals surface area contributed by atoms with E-state index >= 15 is 0 Å². The van der Waals surface area contributed by atoms with Crippen LogP contribution in [0.15, 0.2) is 0 Å². The Kier molecular flexibility index (Phi) is 7.38. The first-order valence-electron chi connectivity index (χ1n) is 8.49. The molecule has 1 aliphatic carbocycles. The summed E-state index contributed by atoms with van der Waals surface area (Å²) in [6, 6.07) is 0. The van der Waals surface area contributed by atoms with Gasteiger partial charge >= 0.3 is 0 Å². The van der Waals surface area contributed by atoms with E-state index in [1.807, 2.05) is 0 Å². The summed E-state index contributed by atoms with van der Waals surface area (Å²) in [5, 5.41) is 0. The molecule has 0 saturated heterocycles. The van der Waals surface area contributed by atoms with Crippen molar-refractivity contribution in [1.82, 2.24) is 4.90 Å². The van der Waals surface area contributed by atoms with Gasteiger partial charge in [0, 0.05) is 18.6 Å². The van der Waals surface area contributed by atoms with Gasteiger partial charge in [0.2, 0.25) is 0 Å². The van der Waals surface area contributed by atoms with Crippen LogP contribution < -0.4 is 5.73 Å². The second-order valence-corrected chi connectivity index (χ2v) is 6.91. The highest BCUT2D eigenvalue weighted by atomic mass is 15.2. The van der Waals surface area contributed by atoms with E-state index in [9.17, 15) is 0 Å². The van der Waals surface area contributed by atoms with E-state index in [-0.39, 0.29) is 5.54 Å². The monoisotopic (exact) mass is 268 g/mol. The molecule has 0 aromatic carbocycles. The molecule has 1 rings (SSSR count). The minimum absolute atomic E-state index is 0.284. The minimum Gasteiger partial charge on any atom is -0.329 e. The van der Waals surface area contributed by atoms with Crippen LogP contribution in [0, 0.1) is 11.8 Å². The number of hydrogen-bond acceptors (Lipinski definition) is 2. The fourth-order valence-corrected chi connectivity index (χ4v) is 3.69. The molecule has 2 heteroatoms. The molecule has 0 aliphatic heterocycles. The first-order valence-corrected chi connectivity index (χ1v) is 8.49. The van der Waals surface area contributed by atoms with Crippen molar-refractivity contribution in [3.63, 3.8) is 0 Å². The van der Waals surface area contributed by atoms with Crippen molar-refractivity contribution in [2.75, 3.05) is 20.1 Å². The summed E-state index contributed by atoms with van der Waals surface area (Å²) in [5.41, 5.74) is 6.49. The zero-order chi connectivity index (χ0) is 14.3. The molecule has 0 heterocycles. The third kappa shape index (κ3) is 4.75. The van der Waals surface area contributed by atoms with Crippen LogP contribution in [-0.4, -0.2) is 30.6 Å². The molecule has 2 nitrogen and oxygen atoms in total. The number of nitrogens with zero attached hydrogens (tertiary/aromatic N) is 1. The molecule has 2 N–H and O–H groups in total. The van der Waals surface area contributed by atoms with E-state index < -0.39 is 0 Å². The van der Waals surface area contributed by atoms with Crippen molar-refractivity contribution in [3.8, 4) is 0 Å². The number of likely N-dealkylation sites (N-methyl/N-ethyl adjacent to an activating group) is 1. The molecule has 0 aromatic rings. The molecule has 3 unspecified atom stereocenters. The lowest BCUT2D eigenvalue weighted by atomic mass is 9.86. The molecule has 1 fully saturated rings. The molecule has 114 valence electrons. The van der Waals surface area contributed by atoms with E-state index in [2.05, 4.69) is 32.7 Å². The van der Waals surface area contributed by atoms with Gasteiger partial charge in [-0.2, -0.15) is 0 Å². The second-order valence-electron chi connectivity index (χ2n) is 6.91. The van der Waals surface area contributed by atoms with E-state index in [1.54, 1.807) is 0 Å². The first-order chi connectivity index (χ1) is 9.07. The van der Waals surface area contributed by atoms with Crippen LogP contribution in [0.1, 0.15) is 72.1 Å². The van der Waals surface area contributed by atoms with Crippen LogP contribution in [0.2, 0.25) is 0 Å². The highest BCUT2D eigenvalue weighted by molar-refractivity contribution is 4.93. The van der Waals surface area contributed by atoms with Gasteiger partial charge < -0.3 is 5.73 Å². The third-order valence-corrected chi connectivity index (χ3v) is 5.44. The lowest BCUT2D eigenvalue weighted by Gasteiger charge is -2.42. The summed E-state index contributed by atoms with van der Waals surface area (Å²) in [7, 11) is 2.30. The maximum atomic E-state index is 6.20. The largest absolute Gasteiger partial charge is 0.329 e. The predicted octanol–water partition coefficient (Wildman–Crippen LogP) is 4.04. The van der Waals surface area contributed by atoms with Crippen molar-refractivity contribution in [2.24, 2.45) is 17.6 Å². The van der Waals surface area contributed by atoms with E-state index in [0.717, 1.165) is 18.4 Å². The Morgan fingerprint density at radius 2 is 2.00 bits per heavy atom. The first kappa shape index (κ1) is 17.0. The Morgan fingerprint density at radius 3 is 2.58 bits per heavy atom. The highest BCUT2D eigenvalue weighted by Crippen LogP contribution is 2.35. The second kappa shape index (κ2) is 8.26. The van der Waals surface area contributed by atoms with Crippen molar-refractivity contribution < 1.29 is 0 Å². The normalized spacial score (nSPS) is 30.3. The smallest absolute Gasteiger partial charge is 0.0328 e. The van der Waals surface area contributed by atoms with Crippen molar-refractivity contribution in [3.05, 3.63) is 0 Å². The summed E-state index contributed by atoms with van der Waals surface area (Å²) >= 11 is 0. The van der Waals surface area contributed by atoms with Crippen LogP contribution in [0.4, 0.5) is 0 Å². The van der Waals surface area contributed by atoms with Gasteiger partial charge in [-0.05, 0) is 38.1 Å². The Hall–Kier alpha value is -0.0800. The van der Waals surface area contributed by atoms with Crippen molar-refractivity contribution in [1.29, 1.82) is 0 Å². The molecule has 19 heavy (non-hydrogen) atoms. The van der Waals surface area contributed by atoms with Gasteiger partial charge in [-0.25, -0.2) is 0 Å². The molecule has 0 spiro atoms. The fourth-order valence-electron chi connectivity index (χ4n) is 3.69. The van der Waals surface area contributed by atoms with Crippen LogP contribution in [-0.2, 0) is 0 Å². The van der Waals surface area contributed by atoms with Gasteiger partial charge in [0.1, 0.15) is 0 Å². The van der Waals surface area contributed by atoms with Gasteiger partial charge in [-0.3, -0.25) is 4.90 Å². The van der Waals surface area contributed by atoms with Gasteiger partial charge in [0.25, 0.3) is 0 Å². The van der Waals surface area contributed by atoms with Gasteiger partial charge in [0.05, 0.1) is 0 Å². The molecule has 0 aromatic heterocycles. The van der Waals surface area contributed by atoms with Crippen LogP contribution >= 0.6 is 0 Å². The molecular formula is C17H36N2. The predicted molar refractivity (Wildman–Crippen MR) is 85.4 cm³/mol. The third-order valence-electron chi connectivity index (χ3n) is 5.44. The van der Waals surface area contributed by atoms with Gasteiger partial charge in [-0.15, -0.1) is 0 Å². The SMILES string of the molecule is CCCC1CCCC(CN)(N(C)CC(C)CC)CC1. The van der Waals surface area contributed by atoms with Crippen LogP contribution in [0.3, 0.4) is 0 Å². The van der Waals surface area contributed by atoms with E-state index in [4.69, 9.17) is 5.73 Å². The summed E-state index contributed by atoms with van der Waals surface area (Å²) in [6.07, 6.45) is 10.8. The van der Waals surface area contributed by atoms with E-state index in [0.29, 0.717) is 0 Å². The standard InChI is InChI=1S/C17H36N2/c1-5-8-16-9-7-11-17(14-18,12-10-16)19(4)13-15(3)6-2/h15-16H,5-14,18H2,1-4H3. The van der Waals surface area contributed by atoms with Crippen molar-refractivity contribution in [2.45, 2.75) is 77.7 Å². The Morgan fingerprint density at radius 1 is 1.26 bits per heavy atom. The molecule has 0 radical (unpaired) electrons. The molecular weight excluding hydrogens is 232 g/mol. The quantitative estimate of drug-likeness (QED) is 0.706. The number of hydrogen-bond donors (Lipinski definition) is 1. The zero-order valence-electron chi connectivity index (χ0n) is 13.8. The summed E-state index contributed by atoms with van der Waals surface area (Å²) in [6.45, 7) is 9.00. The Balaban J connectivity index is 2.63. The van der Waals surface area contributed by atoms with Crippen molar-refractivity contribution >= 4 is 0 Å². The molecule has 0 amide bonds. The minimum atomic E-state index is 0.284. The van der Waals surface area contributed by atoms with Crippen LogP contribution in [0.5, 0.6) is 0 Å².